The fourth-order valence-electron chi connectivity index (χ4n) is 4.11. The average molecular weight is 514 g/mol. The summed E-state index contributed by atoms with van der Waals surface area (Å²) < 4.78 is 18.6. The second-order valence-corrected chi connectivity index (χ2v) is 9.86. The summed E-state index contributed by atoms with van der Waals surface area (Å²) in [7, 11) is 3.05. The van der Waals surface area contributed by atoms with Gasteiger partial charge in [-0.3, -0.25) is 4.79 Å². The van der Waals surface area contributed by atoms with E-state index in [0.29, 0.717) is 17.6 Å². The van der Waals surface area contributed by atoms with E-state index in [9.17, 15) is 4.79 Å². The van der Waals surface area contributed by atoms with Gasteiger partial charge in [-0.2, -0.15) is 0 Å². The van der Waals surface area contributed by atoms with Crippen molar-refractivity contribution < 1.29 is 19.0 Å². The molecule has 0 N–H and O–H groups in total. The third-order valence-electron chi connectivity index (χ3n) is 6.06. The Bertz CT molecular complexity index is 1320. The Balaban J connectivity index is 1.58. The molecule has 2 aromatic heterocycles. The van der Waals surface area contributed by atoms with Crippen molar-refractivity contribution in [1.82, 2.24) is 15.0 Å². The van der Waals surface area contributed by atoms with Gasteiger partial charge in [0.1, 0.15) is 11.3 Å². The second kappa shape index (κ2) is 11.2. The van der Waals surface area contributed by atoms with Gasteiger partial charge in [-0.15, -0.1) is 16.4 Å². The number of benzene rings is 2. The molecule has 35 heavy (non-hydrogen) atoms. The number of rotatable bonds is 10. The van der Waals surface area contributed by atoms with Crippen LogP contribution in [0.4, 0.5) is 0 Å². The monoisotopic (exact) mass is 513 g/mol. The van der Waals surface area contributed by atoms with Gasteiger partial charge in [0.2, 0.25) is 0 Å². The number of carbonyl (C=O) groups is 1. The maximum Gasteiger partial charge on any atom is 0.306 e. The first-order valence-electron chi connectivity index (χ1n) is 11.3. The molecule has 0 fully saturated rings. The molecule has 0 saturated carbocycles. The number of aromatic nitrogens is 3. The van der Waals surface area contributed by atoms with Crippen molar-refractivity contribution in [3.8, 4) is 5.75 Å². The molecule has 2 aromatic carbocycles. The molecule has 0 radical (unpaired) electrons. The van der Waals surface area contributed by atoms with Crippen molar-refractivity contribution in [2.75, 3.05) is 14.2 Å². The van der Waals surface area contributed by atoms with E-state index in [4.69, 9.17) is 25.8 Å². The van der Waals surface area contributed by atoms with Crippen molar-refractivity contribution in [2.24, 2.45) is 0 Å². The van der Waals surface area contributed by atoms with E-state index >= 15 is 0 Å². The first-order valence-corrected chi connectivity index (χ1v) is 12.5. The van der Waals surface area contributed by atoms with Gasteiger partial charge in [-0.05, 0) is 54.8 Å². The molecule has 4 rings (SSSR count). The van der Waals surface area contributed by atoms with Gasteiger partial charge in [-0.1, -0.05) is 35.0 Å². The smallest absolute Gasteiger partial charge is 0.306 e. The summed E-state index contributed by atoms with van der Waals surface area (Å²) in [4.78, 5) is 13.3. The van der Waals surface area contributed by atoms with Crippen molar-refractivity contribution in [3.63, 3.8) is 0 Å². The van der Waals surface area contributed by atoms with E-state index in [-0.39, 0.29) is 18.3 Å². The molecule has 0 spiro atoms. The highest BCUT2D eigenvalue weighted by molar-refractivity contribution is 7.16. The first kappa shape index (κ1) is 25.2. The van der Waals surface area contributed by atoms with Gasteiger partial charge >= 0.3 is 5.97 Å². The molecular weight excluding hydrogens is 486 g/mol. The zero-order chi connectivity index (χ0) is 24.9. The first-order chi connectivity index (χ1) is 16.9. The van der Waals surface area contributed by atoms with Crippen LogP contribution in [-0.2, 0) is 34.0 Å². The number of aryl methyl sites for hydroxylation is 2. The minimum Gasteiger partial charge on any atom is -0.497 e. The molecule has 1 atom stereocenters. The molecule has 0 amide bonds. The minimum atomic E-state index is -0.284. The topological polar surface area (TPSA) is 75.5 Å². The largest absolute Gasteiger partial charge is 0.497 e. The van der Waals surface area contributed by atoms with Gasteiger partial charge in [0.15, 0.2) is 0 Å². The Morgan fingerprint density at radius 1 is 1.14 bits per heavy atom. The molecule has 0 aliphatic carbocycles. The summed E-state index contributed by atoms with van der Waals surface area (Å²) in [6, 6.07) is 13.8. The van der Waals surface area contributed by atoms with Crippen molar-refractivity contribution >= 4 is 39.9 Å². The summed E-state index contributed by atoms with van der Waals surface area (Å²) in [5, 5.41) is 8.62. The molecule has 7 nitrogen and oxygen atoms in total. The van der Waals surface area contributed by atoms with Crippen LogP contribution in [0.5, 0.6) is 5.75 Å². The van der Waals surface area contributed by atoms with Crippen molar-refractivity contribution in [3.05, 3.63) is 73.9 Å². The SMILES string of the molecule is CCn1nnc2c(C)c([C@H](CC(=O)OC)c3cc(COCc4ccc(OC)cc4)c(Cl)s3)ccc21. The zero-order valence-electron chi connectivity index (χ0n) is 20.2. The number of thiophene rings is 1. The van der Waals surface area contributed by atoms with Gasteiger partial charge in [0, 0.05) is 22.9 Å². The van der Waals surface area contributed by atoms with Gasteiger partial charge < -0.3 is 14.2 Å². The molecule has 2 heterocycles. The molecule has 184 valence electrons. The van der Waals surface area contributed by atoms with E-state index in [1.54, 1.807) is 7.11 Å². The normalized spacial score (nSPS) is 12.1. The molecule has 0 aliphatic rings. The van der Waals surface area contributed by atoms with E-state index in [2.05, 4.69) is 10.3 Å². The third kappa shape index (κ3) is 5.50. The lowest BCUT2D eigenvalue weighted by Gasteiger charge is -2.17. The highest BCUT2D eigenvalue weighted by Crippen LogP contribution is 2.40. The van der Waals surface area contributed by atoms with Gasteiger partial charge in [-0.25, -0.2) is 4.68 Å². The number of hydrogen-bond donors (Lipinski definition) is 0. The Morgan fingerprint density at radius 3 is 2.60 bits per heavy atom. The molecule has 0 aliphatic heterocycles. The quantitative estimate of drug-likeness (QED) is 0.246. The zero-order valence-corrected chi connectivity index (χ0v) is 21.8. The standard InChI is InChI=1S/C26H28ClN3O4S/c1-5-30-22-11-10-20(16(2)25(22)28-29-30)21(13-24(31)33-4)23-12-18(26(27)35-23)15-34-14-17-6-8-19(32-3)9-7-17/h6-12,21H,5,13-15H2,1-4H3/t21-/m0/s1. The van der Waals surface area contributed by atoms with Crippen LogP contribution in [0, 0.1) is 6.92 Å². The fourth-order valence-corrected chi connectivity index (χ4v) is 5.49. The third-order valence-corrected chi connectivity index (χ3v) is 7.61. The van der Waals surface area contributed by atoms with Gasteiger partial charge in [0.05, 0.1) is 43.7 Å². The number of fused-ring (bicyclic) bond motifs is 1. The van der Waals surface area contributed by atoms with E-state index in [0.717, 1.165) is 50.5 Å². The lowest BCUT2D eigenvalue weighted by atomic mass is 9.89. The van der Waals surface area contributed by atoms with Crippen LogP contribution in [0.15, 0.2) is 42.5 Å². The summed E-state index contributed by atoms with van der Waals surface area (Å²) in [5.74, 6) is 0.312. The predicted molar refractivity (Wildman–Crippen MR) is 137 cm³/mol. The van der Waals surface area contributed by atoms with Crippen molar-refractivity contribution in [2.45, 2.75) is 45.9 Å². The Morgan fingerprint density at radius 2 is 1.91 bits per heavy atom. The van der Waals surface area contributed by atoms with Crippen LogP contribution in [0.1, 0.15) is 46.4 Å². The molecule has 0 saturated heterocycles. The summed E-state index contributed by atoms with van der Waals surface area (Å²) >= 11 is 8.07. The Kier molecular flexibility index (Phi) is 8.05. The number of esters is 1. The van der Waals surface area contributed by atoms with Gasteiger partial charge in [0.25, 0.3) is 0 Å². The van der Waals surface area contributed by atoms with E-state index in [1.165, 1.54) is 18.4 Å². The summed E-state index contributed by atoms with van der Waals surface area (Å²) in [5.41, 5.74) is 5.76. The fraction of sp³-hybridized carbons (Fsp3) is 0.346. The number of halogens is 1. The number of ether oxygens (including phenoxy) is 3. The Labute approximate surface area is 213 Å². The maximum absolute atomic E-state index is 12.3. The maximum atomic E-state index is 12.3. The predicted octanol–water partition coefficient (Wildman–Crippen LogP) is 5.89. The van der Waals surface area contributed by atoms with Crippen LogP contribution in [-0.4, -0.2) is 35.2 Å². The number of hydrogen-bond acceptors (Lipinski definition) is 7. The lowest BCUT2D eigenvalue weighted by Crippen LogP contribution is -2.10. The van der Waals surface area contributed by atoms with Crippen LogP contribution < -0.4 is 4.74 Å². The summed E-state index contributed by atoms with van der Waals surface area (Å²) in [6.07, 6.45) is 0.202. The molecule has 4 aromatic rings. The van der Waals surface area contributed by atoms with Crippen molar-refractivity contribution in [1.29, 1.82) is 0 Å². The van der Waals surface area contributed by atoms with Crippen LogP contribution in [0.3, 0.4) is 0 Å². The van der Waals surface area contributed by atoms with Crippen LogP contribution >= 0.6 is 22.9 Å². The van der Waals surface area contributed by atoms with Crippen LogP contribution in [0.2, 0.25) is 4.34 Å². The lowest BCUT2D eigenvalue weighted by molar-refractivity contribution is -0.140. The highest BCUT2D eigenvalue weighted by atomic mass is 35.5. The van der Waals surface area contributed by atoms with Crippen LogP contribution in [0.25, 0.3) is 11.0 Å². The Hall–Kier alpha value is -2.94. The minimum absolute atomic E-state index is 0.202. The van der Waals surface area contributed by atoms with E-state index < -0.39 is 0 Å². The highest BCUT2D eigenvalue weighted by Gasteiger charge is 2.25. The number of methoxy groups -OCH3 is 2. The second-order valence-electron chi connectivity index (χ2n) is 8.17. The molecule has 9 heteroatoms. The molecule has 0 unspecified atom stereocenters. The van der Waals surface area contributed by atoms with E-state index in [1.807, 2.05) is 61.0 Å². The number of carbonyl (C=O) groups excluding carboxylic acids is 1. The number of nitrogens with zero attached hydrogens (tertiary/aromatic N) is 3. The average Bonchev–Trinajstić information content (AvgIpc) is 3.47. The molecular formula is C26H28ClN3O4S. The molecule has 0 bridgehead atoms. The summed E-state index contributed by atoms with van der Waals surface area (Å²) in [6.45, 7) is 5.62.